The summed E-state index contributed by atoms with van der Waals surface area (Å²) >= 11 is 6.01. The first kappa shape index (κ1) is 28.6. The molecule has 0 saturated heterocycles. The maximum atomic E-state index is 13.9. The Balaban J connectivity index is 1.55. The zero-order chi connectivity index (χ0) is 29.1. The molecule has 0 aromatic heterocycles. The minimum atomic E-state index is -0.548. The monoisotopic (exact) mass is 573 g/mol. The van der Waals surface area contributed by atoms with Crippen molar-refractivity contribution in [3.63, 3.8) is 0 Å². The number of nitrogens with one attached hydrogen (secondary N) is 2. The Hall–Kier alpha value is -3.97. The normalized spacial score (nSPS) is 17.6. The van der Waals surface area contributed by atoms with E-state index in [0.717, 1.165) is 28.2 Å². The molecule has 1 amide bonds. The molecule has 0 fully saturated rings. The summed E-state index contributed by atoms with van der Waals surface area (Å²) in [6, 6.07) is 20.6. The van der Waals surface area contributed by atoms with E-state index in [-0.39, 0.29) is 23.7 Å². The van der Waals surface area contributed by atoms with Gasteiger partial charge in [-0.05, 0) is 60.2 Å². The number of amides is 1. The van der Waals surface area contributed by atoms with Crippen molar-refractivity contribution in [3.8, 4) is 11.5 Å². The molecule has 5 rings (SSSR count). The summed E-state index contributed by atoms with van der Waals surface area (Å²) in [5.74, 6) is 1.16. The van der Waals surface area contributed by atoms with Crippen LogP contribution in [0, 0.1) is 5.41 Å². The highest BCUT2D eigenvalue weighted by molar-refractivity contribution is 6.30. The first-order chi connectivity index (χ1) is 19.7. The van der Waals surface area contributed by atoms with E-state index in [0.29, 0.717) is 47.9 Å². The van der Waals surface area contributed by atoms with Crippen LogP contribution in [0.1, 0.15) is 43.9 Å². The third-order valence-corrected chi connectivity index (χ3v) is 7.95. The molecule has 8 heteroatoms. The van der Waals surface area contributed by atoms with Crippen molar-refractivity contribution in [2.24, 2.45) is 5.41 Å². The number of ketones is 1. The van der Waals surface area contributed by atoms with Crippen LogP contribution in [-0.2, 0) is 16.0 Å². The number of fused-ring (bicyclic) bond motifs is 1. The number of anilines is 2. The van der Waals surface area contributed by atoms with Gasteiger partial charge < -0.3 is 25.0 Å². The molecule has 0 bridgehead atoms. The molecule has 0 spiro atoms. The molecule has 41 heavy (non-hydrogen) atoms. The molecular weight excluding hydrogens is 538 g/mol. The van der Waals surface area contributed by atoms with Gasteiger partial charge in [0.05, 0.1) is 38.2 Å². The fourth-order valence-corrected chi connectivity index (χ4v) is 5.93. The molecule has 214 valence electrons. The highest BCUT2D eigenvalue weighted by Gasteiger charge is 2.42. The van der Waals surface area contributed by atoms with Crippen molar-refractivity contribution in [1.29, 1.82) is 0 Å². The van der Waals surface area contributed by atoms with Crippen LogP contribution in [-0.4, -0.2) is 39.0 Å². The Labute approximate surface area is 246 Å². The topological polar surface area (TPSA) is 79.9 Å². The maximum absolute atomic E-state index is 13.9. The van der Waals surface area contributed by atoms with Gasteiger partial charge in [-0.25, -0.2) is 0 Å². The average Bonchev–Trinajstić information content (AvgIpc) is 3.07. The van der Waals surface area contributed by atoms with Gasteiger partial charge in [0, 0.05) is 40.9 Å². The van der Waals surface area contributed by atoms with E-state index in [9.17, 15) is 9.59 Å². The molecule has 1 aliphatic carbocycles. The van der Waals surface area contributed by atoms with Crippen LogP contribution in [0.4, 0.5) is 11.4 Å². The number of ether oxygens (including phenoxy) is 2. The van der Waals surface area contributed by atoms with Crippen molar-refractivity contribution >= 4 is 34.7 Å². The molecule has 1 heterocycles. The molecular formula is C33H36ClN3O4. The summed E-state index contributed by atoms with van der Waals surface area (Å²) in [5.41, 5.74) is 4.93. The second kappa shape index (κ2) is 11.9. The van der Waals surface area contributed by atoms with Gasteiger partial charge in [0.15, 0.2) is 5.78 Å². The number of methoxy groups -OCH3 is 2. The summed E-state index contributed by atoms with van der Waals surface area (Å²) in [4.78, 5) is 29.5. The molecule has 1 aliphatic heterocycles. The van der Waals surface area contributed by atoms with Crippen molar-refractivity contribution in [1.82, 2.24) is 5.32 Å². The lowest BCUT2D eigenvalue weighted by molar-refractivity contribution is -0.120. The predicted octanol–water partition coefficient (Wildman–Crippen LogP) is 6.33. The van der Waals surface area contributed by atoms with E-state index < -0.39 is 6.04 Å². The number of halogens is 1. The molecule has 0 saturated carbocycles. The third kappa shape index (κ3) is 6.20. The highest BCUT2D eigenvalue weighted by atomic mass is 35.5. The van der Waals surface area contributed by atoms with Crippen LogP contribution in [0.15, 0.2) is 78.0 Å². The quantitative estimate of drug-likeness (QED) is 0.328. The van der Waals surface area contributed by atoms with Crippen LogP contribution in [0.3, 0.4) is 0 Å². The van der Waals surface area contributed by atoms with Gasteiger partial charge in [-0.15, -0.1) is 0 Å². The number of benzene rings is 3. The lowest BCUT2D eigenvalue weighted by Gasteiger charge is -2.38. The SMILES string of the molecule is COc1ccc(C2C3=C(CC(C)(C)CC3=O)Nc3ccccc3N2CC(=O)NCCc2ccc(Cl)cc2)c(OC)c1. The molecule has 2 N–H and O–H groups in total. The molecule has 3 aromatic carbocycles. The van der Waals surface area contributed by atoms with Crippen molar-refractivity contribution in [2.45, 2.75) is 39.2 Å². The highest BCUT2D eigenvalue weighted by Crippen LogP contribution is 2.49. The molecule has 1 unspecified atom stereocenters. The van der Waals surface area contributed by atoms with Crippen molar-refractivity contribution in [2.75, 3.05) is 37.5 Å². The van der Waals surface area contributed by atoms with Gasteiger partial charge >= 0.3 is 0 Å². The minimum absolute atomic E-state index is 0.0482. The van der Waals surface area contributed by atoms with Gasteiger partial charge in [0.1, 0.15) is 11.5 Å². The summed E-state index contributed by atoms with van der Waals surface area (Å²) in [6.45, 7) is 4.75. The number of hydrogen-bond donors (Lipinski definition) is 2. The van der Waals surface area contributed by atoms with E-state index in [1.54, 1.807) is 14.2 Å². The van der Waals surface area contributed by atoms with Crippen LogP contribution in [0.25, 0.3) is 0 Å². The third-order valence-electron chi connectivity index (χ3n) is 7.70. The Bertz CT molecular complexity index is 1480. The first-order valence-electron chi connectivity index (χ1n) is 13.8. The number of allylic oxidation sites excluding steroid dienone is 1. The lowest BCUT2D eigenvalue weighted by atomic mass is 9.73. The fraction of sp³-hybridized carbons (Fsp3) is 0.333. The summed E-state index contributed by atoms with van der Waals surface area (Å²) in [5, 5.41) is 7.34. The van der Waals surface area contributed by atoms with Crippen molar-refractivity contribution < 1.29 is 19.1 Å². The summed E-state index contributed by atoms with van der Waals surface area (Å²) < 4.78 is 11.3. The zero-order valence-corrected chi connectivity index (χ0v) is 24.7. The number of hydrogen-bond acceptors (Lipinski definition) is 6. The standard InChI is InChI=1S/C33H36ClN3O4/c1-33(2)18-26-31(28(38)19-33)32(24-14-13-23(40-3)17-29(24)41-4)37(27-8-6-5-7-25(27)36-26)20-30(39)35-16-15-21-9-11-22(34)12-10-21/h5-14,17,32,36H,15-16,18-20H2,1-4H3,(H,35,39). The summed E-state index contributed by atoms with van der Waals surface area (Å²) in [6.07, 6.45) is 1.80. The van der Waals surface area contributed by atoms with E-state index in [4.69, 9.17) is 21.1 Å². The first-order valence-corrected chi connectivity index (χ1v) is 14.2. The van der Waals surface area contributed by atoms with Gasteiger partial charge in [-0.1, -0.05) is 49.7 Å². The molecule has 0 radical (unpaired) electrons. The maximum Gasteiger partial charge on any atom is 0.239 e. The second-order valence-corrected chi connectivity index (χ2v) is 11.8. The van der Waals surface area contributed by atoms with E-state index >= 15 is 0 Å². The van der Waals surface area contributed by atoms with E-state index in [1.165, 1.54) is 0 Å². The van der Waals surface area contributed by atoms with Crippen LogP contribution >= 0.6 is 11.6 Å². The van der Waals surface area contributed by atoms with Crippen LogP contribution in [0.5, 0.6) is 11.5 Å². The fourth-order valence-electron chi connectivity index (χ4n) is 5.80. The lowest BCUT2D eigenvalue weighted by Crippen LogP contribution is -2.42. The van der Waals surface area contributed by atoms with Crippen LogP contribution in [0.2, 0.25) is 5.02 Å². The minimum Gasteiger partial charge on any atom is -0.497 e. The Morgan fingerprint density at radius 3 is 2.54 bits per heavy atom. The smallest absolute Gasteiger partial charge is 0.239 e. The largest absolute Gasteiger partial charge is 0.497 e. The average molecular weight is 574 g/mol. The number of para-hydroxylation sites is 2. The van der Waals surface area contributed by atoms with Crippen molar-refractivity contribution in [3.05, 3.63) is 94.1 Å². The molecule has 7 nitrogen and oxygen atoms in total. The van der Waals surface area contributed by atoms with Gasteiger partial charge in [0.2, 0.25) is 5.91 Å². The number of carbonyl (C=O) groups is 2. The van der Waals surface area contributed by atoms with Gasteiger partial charge in [-0.3, -0.25) is 9.59 Å². The Kier molecular flexibility index (Phi) is 8.27. The Morgan fingerprint density at radius 2 is 1.80 bits per heavy atom. The van der Waals surface area contributed by atoms with Crippen LogP contribution < -0.4 is 25.0 Å². The molecule has 1 atom stereocenters. The number of rotatable bonds is 8. The summed E-state index contributed by atoms with van der Waals surface area (Å²) in [7, 11) is 3.21. The Morgan fingerprint density at radius 1 is 1.05 bits per heavy atom. The second-order valence-electron chi connectivity index (χ2n) is 11.3. The number of carbonyl (C=O) groups excluding carboxylic acids is 2. The van der Waals surface area contributed by atoms with Gasteiger partial charge in [-0.2, -0.15) is 0 Å². The molecule has 2 aliphatic rings. The number of nitrogens with zero attached hydrogens (tertiary/aromatic N) is 1. The van der Waals surface area contributed by atoms with E-state index in [2.05, 4.69) is 24.5 Å². The zero-order valence-electron chi connectivity index (χ0n) is 23.9. The molecule has 3 aromatic rings. The predicted molar refractivity (Wildman–Crippen MR) is 163 cm³/mol. The van der Waals surface area contributed by atoms with Gasteiger partial charge in [0.25, 0.3) is 0 Å². The van der Waals surface area contributed by atoms with E-state index in [1.807, 2.05) is 71.6 Å². The number of Topliss-reactive ketones (excluding diaryl/α,β-unsaturated/α-hetero) is 1.